The first-order valence-corrected chi connectivity index (χ1v) is 11.6. The normalized spacial score (nSPS) is 13.3. The van der Waals surface area contributed by atoms with Gasteiger partial charge in [-0.25, -0.2) is 0 Å². The number of nitrogens with two attached hydrogens (primary N) is 1. The van der Waals surface area contributed by atoms with Crippen LogP contribution in [-0.4, -0.2) is 10.9 Å². The maximum absolute atomic E-state index is 10.6. The molecule has 3 nitrogen and oxygen atoms in total. The molecule has 1 aliphatic rings. The molecular weight excluding hydrogens is 400 g/mol. The summed E-state index contributed by atoms with van der Waals surface area (Å²) in [7, 11) is 0. The van der Waals surface area contributed by atoms with E-state index in [1.165, 1.54) is 39.6 Å². The van der Waals surface area contributed by atoms with Crippen LogP contribution in [0, 0.1) is 12.8 Å². The number of aromatic nitrogens is 1. The predicted octanol–water partition coefficient (Wildman–Crippen LogP) is 7.10. The maximum atomic E-state index is 10.6. The van der Waals surface area contributed by atoms with Gasteiger partial charge in [-0.05, 0) is 98.0 Å². The summed E-state index contributed by atoms with van der Waals surface area (Å²) in [5.41, 5.74) is 12.1. The molecule has 4 rings (SSSR count). The van der Waals surface area contributed by atoms with Crippen LogP contribution in [0.25, 0.3) is 15.7 Å². The van der Waals surface area contributed by atoms with Crippen LogP contribution >= 0.6 is 11.3 Å². The van der Waals surface area contributed by atoms with E-state index in [9.17, 15) is 4.79 Å². The van der Waals surface area contributed by atoms with Crippen LogP contribution in [0.4, 0.5) is 0 Å². The summed E-state index contributed by atoms with van der Waals surface area (Å²) in [6, 6.07) is 10.4. The first-order valence-electron chi connectivity index (χ1n) is 10.7. The molecule has 1 fully saturated rings. The van der Waals surface area contributed by atoms with Gasteiger partial charge in [0.1, 0.15) is 0 Å². The molecule has 2 N–H and O–H groups in total. The average molecular weight is 435 g/mol. The third kappa shape index (κ3) is 7.18. The van der Waals surface area contributed by atoms with Gasteiger partial charge in [-0.15, -0.1) is 11.3 Å². The van der Waals surface area contributed by atoms with Crippen LogP contribution in [-0.2, 0) is 11.2 Å². The molecule has 3 aromatic rings. The van der Waals surface area contributed by atoms with Gasteiger partial charge in [0.15, 0.2) is 0 Å². The molecule has 1 aliphatic carbocycles. The number of allylic oxidation sites excluding steroid dienone is 2. The van der Waals surface area contributed by atoms with Crippen molar-refractivity contribution in [1.82, 2.24) is 4.98 Å². The molecule has 0 aliphatic heterocycles. The maximum Gasteiger partial charge on any atom is 0.244 e. The molecule has 0 atom stereocenters. The number of hydrogen-bond donors (Lipinski definition) is 1. The highest BCUT2D eigenvalue weighted by Crippen LogP contribution is 2.37. The molecule has 0 spiro atoms. The molecule has 4 heteroatoms. The Morgan fingerprint density at radius 2 is 1.90 bits per heavy atom. The highest BCUT2D eigenvalue weighted by molar-refractivity contribution is 7.17. The number of nitrogens with zero attached hydrogens (tertiary/aromatic N) is 1. The highest BCUT2D eigenvalue weighted by atomic mass is 32.1. The summed E-state index contributed by atoms with van der Waals surface area (Å²) < 4.78 is 1.42. The first kappa shape index (κ1) is 24.5. The summed E-state index contributed by atoms with van der Waals surface area (Å²) in [4.78, 5) is 14.6. The number of benzene rings is 1. The van der Waals surface area contributed by atoms with Crippen LogP contribution in [0.1, 0.15) is 57.2 Å². The van der Waals surface area contributed by atoms with Crippen molar-refractivity contribution in [2.45, 2.75) is 53.9 Å². The van der Waals surface area contributed by atoms with Crippen LogP contribution in [0.3, 0.4) is 0 Å². The largest absolute Gasteiger partial charge is 0.366 e. The van der Waals surface area contributed by atoms with Crippen molar-refractivity contribution in [1.29, 1.82) is 0 Å². The van der Waals surface area contributed by atoms with E-state index < -0.39 is 0 Å². The van der Waals surface area contributed by atoms with Gasteiger partial charge >= 0.3 is 0 Å². The van der Waals surface area contributed by atoms with Gasteiger partial charge in [0.05, 0.1) is 0 Å². The topological polar surface area (TPSA) is 56.0 Å². The zero-order valence-electron chi connectivity index (χ0n) is 19.4. The molecule has 2 heterocycles. The van der Waals surface area contributed by atoms with Gasteiger partial charge in [0.25, 0.3) is 0 Å². The number of aryl methyl sites for hydroxylation is 2. The number of hydrogen-bond acceptors (Lipinski definition) is 3. The van der Waals surface area contributed by atoms with Crippen molar-refractivity contribution in [3.63, 3.8) is 0 Å². The smallest absolute Gasteiger partial charge is 0.244 e. The molecule has 164 valence electrons. The summed E-state index contributed by atoms with van der Waals surface area (Å²) in [5.74, 6) is 0.386. The Morgan fingerprint density at radius 3 is 2.39 bits per heavy atom. The fourth-order valence-electron chi connectivity index (χ4n) is 3.24. The summed E-state index contributed by atoms with van der Waals surface area (Å²) in [6.45, 7) is 14.0. The quantitative estimate of drug-likeness (QED) is 0.445. The second-order valence-electron chi connectivity index (χ2n) is 8.03. The van der Waals surface area contributed by atoms with Gasteiger partial charge in [-0.2, -0.15) is 0 Å². The standard InChI is InChI=1S/C11H12S.C8H13NO.C8H9N/c1-3-9-7-12-10-6-4-5-8(2)11(9)10;1-5(7-3-4-7)6(2)8(9)10;1-7(2)8-4-3-5-9-6-8/h4-7H,3H2,1-2H3;7H,3-4H2,1-2H3,(H2,9,10);3-6H,1H2,2H3/b;6-5-;. The lowest BCUT2D eigenvalue weighted by Gasteiger charge is -2.00. The van der Waals surface area contributed by atoms with Crippen LogP contribution in [0.2, 0.25) is 0 Å². The Kier molecular flexibility index (Phi) is 9.20. The molecule has 31 heavy (non-hydrogen) atoms. The number of carbonyl (C=O) groups is 1. The Labute approximate surface area is 190 Å². The number of primary amides is 1. The zero-order chi connectivity index (χ0) is 23.0. The van der Waals surface area contributed by atoms with Gasteiger partial charge in [-0.1, -0.05) is 37.3 Å². The van der Waals surface area contributed by atoms with Crippen LogP contribution < -0.4 is 5.73 Å². The van der Waals surface area contributed by atoms with Crippen molar-refractivity contribution < 1.29 is 4.79 Å². The second-order valence-corrected chi connectivity index (χ2v) is 8.94. The number of carbonyl (C=O) groups excluding carboxylic acids is 1. The second kappa shape index (κ2) is 11.6. The minimum absolute atomic E-state index is 0.274. The average Bonchev–Trinajstić information content (AvgIpc) is 3.53. The van der Waals surface area contributed by atoms with Gasteiger partial charge in [0, 0.05) is 22.7 Å². The summed E-state index contributed by atoms with van der Waals surface area (Å²) >= 11 is 1.85. The molecule has 0 bridgehead atoms. The zero-order valence-corrected chi connectivity index (χ0v) is 20.2. The van der Waals surface area contributed by atoms with E-state index in [4.69, 9.17) is 5.73 Å². The minimum atomic E-state index is -0.274. The molecule has 0 saturated heterocycles. The van der Waals surface area contributed by atoms with Gasteiger partial charge in [-0.3, -0.25) is 9.78 Å². The van der Waals surface area contributed by atoms with Crippen molar-refractivity contribution in [2.24, 2.45) is 11.7 Å². The van der Waals surface area contributed by atoms with E-state index in [1.807, 2.05) is 43.5 Å². The minimum Gasteiger partial charge on any atom is -0.366 e. The van der Waals surface area contributed by atoms with Crippen LogP contribution in [0.5, 0.6) is 0 Å². The van der Waals surface area contributed by atoms with E-state index in [0.717, 1.165) is 23.1 Å². The monoisotopic (exact) mass is 434 g/mol. The number of fused-ring (bicyclic) bond motifs is 1. The lowest BCUT2D eigenvalue weighted by Crippen LogP contribution is -2.13. The fraction of sp³-hybridized carbons (Fsp3) is 0.333. The predicted molar refractivity (Wildman–Crippen MR) is 135 cm³/mol. The molecule has 1 aromatic carbocycles. The molecule has 1 amide bonds. The lowest BCUT2D eigenvalue weighted by molar-refractivity contribution is -0.114. The Balaban J connectivity index is 0.000000167. The van der Waals surface area contributed by atoms with E-state index >= 15 is 0 Å². The molecule has 1 saturated carbocycles. The van der Waals surface area contributed by atoms with Crippen LogP contribution in [0.15, 0.2) is 65.8 Å². The van der Waals surface area contributed by atoms with E-state index in [2.05, 4.69) is 49.0 Å². The summed E-state index contributed by atoms with van der Waals surface area (Å²) in [6.07, 6.45) is 7.17. The third-order valence-electron chi connectivity index (χ3n) is 5.57. The Morgan fingerprint density at radius 1 is 1.19 bits per heavy atom. The summed E-state index contributed by atoms with van der Waals surface area (Å²) in [5, 5.41) is 3.75. The Bertz CT molecular complexity index is 1060. The van der Waals surface area contributed by atoms with E-state index in [-0.39, 0.29) is 5.91 Å². The van der Waals surface area contributed by atoms with Gasteiger partial charge in [0.2, 0.25) is 5.91 Å². The van der Waals surface area contributed by atoms with Gasteiger partial charge < -0.3 is 5.73 Å². The Hall–Kier alpha value is -2.72. The number of pyridine rings is 1. The number of amides is 1. The van der Waals surface area contributed by atoms with Crippen molar-refractivity contribution >= 4 is 32.9 Å². The third-order valence-corrected chi connectivity index (χ3v) is 6.57. The lowest BCUT2D eigenvalue weighted by atomic mass is 10.1. The SMILES string of the molecule is C/C(C(N)=O)=C(\C)C1CC1.C=C(C)c1cccnc1.CCc1csc2cccc(C)c12. The number of rotatable bonds is 4. The molecule has 0 radical (unpaired) electrons. The van der Waals surface area contributed by atoms with Crippen molar-refractivity contribution in [3.8, 4) is 0 Å². The molecular formula is C27H34N2OS. The van der Waals surface area contributed by atoms with Crippen molar-refractivity contribution in [3.05, 3.63) is 82.5 Å². The van der Waals surface area contributed by atoms with E-state index in [1.54, 1.807) is 13.1 Å². The highest BCUT2D eigenvalue weighted by Gasteiger charge is 2.25. The fourth-order valence-corrected chi connectivity index (χ4v) is 4.36. The van der Waals surface area contributed by atoms with Crippen molar-refractivity contribution in [2.75, 3.05) is 0 Å². The number of thiophene rings is 1. The first-order chi connectivity index (χ1) is 14.8. The molecule has 0 unspecified atom stereocenters. The molecule has 2 aromatic heterocycles. The van der Waals surface area contributed by atoms with E-state index in [0.29, 0.717) is 5.92 Å².